The summed E-state index contributed by atoms with van der Waals surface area (Å²) in [5, 5.41) is 0. The van der Waals surface area contributed by atoms with Crippen LogP contribution in [0.4, 0.5) is 0 Å². The van der Waals surface area contributed by atoms with Gasteiger partial charge in [-0.05, 0) is 12.1 Å². The number of methoxy groups -OCH3 is 1. The van der Waals surface area contributed by atoms with Crippen LogP contribution in [0.15, 0.2) is 23.1 Å². The first-order valence-corrected chi connectivity index (χ1v) is 9.13. The van der Waals surface area contributed by atoms with Crippen LogP contribution in [-0.4, -0.2) is 76.6 Å². The van der Waals surface area contributed by atoms with Gasteiger partial charge in [-0.3, -0.25) is 9.69 Å². The smallest absolute Gasteiger partial charge is 0.319 e. The van der Waals surface area contributed by atoms with Crippen molar-refractivity contribution < 1.29 is 27.4 Å². The van der Waals surface area contributed by atoms with Gasteiger partial charge < -0.3 is 14.2 Å². The van der Waals surface area contributed by atoms with E-state index in [4.69, 9.17) is 9.47 Å². The summed E-state index contributed by atoms with van der Waals surface area (Å²) >= 11 is 0. The van der Waals surface area contributed by atoms with Gasteiger partial charge in [0, 0.05) is 32.2 Å². The maximum absolute atomic E-state index is 12.8. The van der Waals surface area contributed by atoms with Crippen LogP contribution in [0.2, 0.25) is 0 Å². The fourth-order valence-corrected chi connectivity index (χ4v) is 4.15. The number of carbonyl (C=O) groups is 1. The zero-order valence-corrected chi connectivity index (χ0v) is 14.3. The molecule has 1 aromatic rings. The molecule has 24 heavy (non-hydrogen) atoms. The summed E-state index contributed by atoms with van der Waals surface area (Å²) in [5.41, 5.74) is 0. The number of sulfonamides is 1. The van der Waals surface area contributed by atoms with Crippen LogP contribution >= 0.6 is 0 Å². The van der Waals surface area contributed by atoms with Gasteiger partial charge in [0.05, 0.1) is 18.6 Å². The molecule has 0 bridgehead atoms. The highest BCUT2D eigenvalue weighted by molar-refractivity contribution is 7.89. The maximum Gasteiger partial charge on any atom is 0.319 e. The molecule has 2 aliphatic heterocycles. The Morgan fingerprint density at radius 2 is 1.79 bits per heavy atom. The molecule has 1 aromatic carbocycles. The zero-order valence-electron chi connectivity index (χ0n) is 13.4. The van der Waals surface area contributed by atoms with E-state index in [0.717, 1.165) is 0 Å². The Labute approximate surface area is 140 Å². The number of fused-ring (bicyclic) bond motifs is 1. The molecule has 0 radical (unpaired) electrons. The number of benzene rings is 1. The molecule has 0 amide bonds. The van der Waals surface area contributed by atoms with Gasteiger partial charge in [0.1, 0.15) is 13.2 Å². The predicted molar refractivity (Wildman–Crippen MR) is 84.6 cm³/mol. The van der Waals surface area contributed by atoms with Crippen LogP contribution in [0.25, 0.3) is 0 Å². The Balaban J connectivity index is 1.69. The number of esters is 1. The molecular weight excluding hydrogens is 336 g/mol. The van der Waals surface area contributed by atoms with Crippen molar-refractivity contribution in [3.63, 3.8) is 0 Å². The number of nitrogens with zero attached hydrogens (tertiary/aromatic N) is 2. The summed E-state index contributed by atoms with van der Waals surface area (Å²) < 4.78 is 42.5. The standard InChI is InChI=1S/C15H20N2O6S/c1-21-15(18)11-16-4-6-17(7-5-16)24(19,20)12-2-3-13-14(10-12)23-9-8-22-13/h2-3,10H,4-9,11H2,1H3. The highest BCUT2D eigenvalue weighted by atomic mass is 32.2. The van der Waals surface area contributed by atoms with Crippen LogP contribution < -0.4 is 9.47 Å². The number of piperazine rings is 1. The first kappa shape index (κ1) is 17.0. The van der Waals surface area contributed by atoms with Gasteiger partial charge in [0.15, 0.2) is 11.5 Å². The van der Waals surface area contributed by atoms with E-state index in [-0.39, 0.29) is 17.4 Å². The van der Waals surface area contributed by atoms with Crippen molar-refractivity contribution in [1.29, 1.82) is 0 Å². The van der Waals surface area contributed by atoms with Gasteiger partial charge in [-0.15, -0.1) is 0 Å². The molecule has 132 valence electrons. The highest BCUT2D eigenvalue weighted by Crippen LogP contribution is 2.33. The maximum atomic E-state index is 12.8. The first-order valence-electron chi connectivity index (χ1n) is 7.69. The largest absolute Gasteiger partial charge is 0.486 e. The number of carbonyl (C=O) groups excluding carboxylic acids is 1. The second-order valence-corrected chi connectivity index (χ2v) is 7.50. The van der Waals surface area contributed by atoms with Gasteiger partial charge in [-0.2, -0.15) is 4.31 Å². The summed E-state index contributed by atoms with van der Waals surface area (Å²) in [6.07, 6.45) is 0. The van der Waals surface area contributed by atoms with Crippen molar-refractivity contribution >= 4 is 16.0 Å². The van der Waals surface area contributed by atoms with Crippen molar-refractivity contribution in [1.82, 2.24) is 9.21 Å². The Morgan fingerprint density at radius 1 is 1.12 bits per heavy atom. The third-order valence-corrected chi connectivity index (χ3v) is 5.96. The molecule has 9 heteroatoms. The topological polar surface area (TPSA) is 85.4 Å². The van der Waals surface area contributed by atoms with Gasteiger partial charge >= 0.3 is 5.97 Å². The summed E-state index contributed by atoms with van der Waals surface area (Å²) in [4.78, 5) is 13.4. The minimum Gasteiger partial charge on any atom is -0.486 e. The molecule has 0 atom stereocenters. The normalized spacial score (nSPS) is 19.0. The SMILES string of the molecule is COC(=O)CN1CCN(S(=O)(=O)c2ccc3c(c2)OCCO3)CC1. The molecule has 2 aliphatic rings. The van der Waals surface area contributed by atoms with Crippen molar-refractivity contribution in [2.45, 2.75) is 4.90 Å². The van der Waals surface area contributed by atoms with E-state index in [1.54, 1.807) is 6.07 Å². The summed E-state index contributed by atoms with van der Waals surface area (Å²) in [6.45, 7) is 2.66. The average molecular weight is 356 g/mol. The van der Waals surface area contributed by atoms with Gasteiger partial charge in [0.2, 0.25) is 10.0 Å². The second kappa shape index (κ2) is 6.96. The lowest BCUT2D eigenvalue weighted by atomic mass is 10.3. The molecular formula is C15H20N2O6S. The van der Waals surface area contributed by atoms with Crippen molar-refractivity contribution in [2.24, 2.45) is 0 Å². The molecule has 3 rings (SSSR count). The van der Waals surface area contributed by atoms with Crippen molar-refractivity contribution in [2.75, 3.05) is 53.0 Å². The minimum absolute atomic E-state index is 0.175. The van der Waals surface area contributed by atoms with E-state index in [0.29, 0.717) is 50.9 Å². The fourth-order valence-electron chi connectivity index (χ4n) is 2.71. The quantitative estimate of drug-likeness (QED) is 0.699. The Morgan fingerprint density at radius 3 is 2.46 bits per heavy atom. The summed E-state index contributed by atoms with van der Waals surface area (Å²) in [6, 6.07) is 4.66. The lowest BCUT2D eigenvalue weighted by Gasteiger charge is -2.33. The number of hydrogen-bond acceptors (Lipinski definition) is 7. The van der Waals surface area contributed by atoms with E-state index in [9.17, 15) is 13.2 Å². The van der Waals surface area contributed by atoms with Crippen LogP contribution in [0.1, 0.15) is 0 Å². The predicted octanol–water partition coefficient (Wildman–Crippen LogP) is -0.0629. The number of ether oxygens (including phenoxy) is 3. The Bertz CT molecular complexity index is 713. The molecule has 1 saturated heterocycles. The van der Waals surface area contributed by atoms with E-state index >= 15 is 0 Å². The molecule has 0 aromatic heterocycles. The Hall–Kier alpha value is -1.84. The monoisotopic (exact) mass is 356 g/mol. The van der Waals surface area contributed by atoms with Gasteiger partial charge in [-0.25, -0.2) is 8.42 Å². The molecule has 0 saturated carbocycles. The molecule has 0 unspecified atom stereocenters. The van der Waals surface area contributed by atoms with Crippen molar-refractivity contribution in [3.05, 3.63) is 18.2 Å². The van der Waals surface area contributed by atoms with Crippen LogP contribution in [0.5, 0.6) is 11.5 Å². The van der Waals surface area contributed by atoms with E-state index in [2.05, 4.69) is 4.74 Å². The van der Waals surface area contributed by atoms with Gasteiger partial charge in [-0.1, -0.05) is 0 Å². The lowest BCUT2D eigenvalue weighted by molar-refractivity contribution is -0.142. The number of rotatable bonds is 4. The average Bonchev–Trinajstić information content (AvgIpc) is 2.61. The number of hydrogen-bond donors (Lipinski definition) is 0. The van der Waals surface area contributed by atoms with Crippen molar-refractivity contribution in [3.8, 4) is 11.5 Å². The second-order valence-electron chi connectivity index (χ2n) is 5.56. The first-order chi connectivity index (χ1) is 11.5. The molecule has 0 spiro atoms. The van der Waals surface area contributed by atoms with Crippen LogP contribution in [-0.2, 0) is 19.6 Å². The summed E-state index contributed by atoms with van der Waals surface area (Å²) in [7, 11) is -2.26. The molecule has 1 fully saturated rings. The molecule has 8 nitrogen and oxygen atoms in total. The molecule has 2 heterocycles. The summed E-state index contributed by atoms with van der Waals surface area (Å²) in [5.74, 6) is 0.688. The Kier molecular flexibility index (Phi) is 4.93. The van der Waals surface area contributed by atoms with E-state index in [1.807, 2.05) is 4.90 Å². The van der Waals surface area contributed by atoms with E-state index < -0.39 is 10.0 Å². The van der Waals surface area contributed by atoms with Gasteiger partial charge in [0.25, 0.3) is 0 Å². The highest BCUT2D eigenvalue weighted by Gasteiger charge is 2.30. The third-order valence-electron chi connectivity index (χ3n) is 4.06. The fraction of sp³-hybridized carbons (Fsp3) is 0.533. The van der Waals surface area contributed by atoms with Crippen LogP contribution in [0, 0.1) is 0 Å². The zero-order chi connectivity index (χ0) is 17.2. The molecule has 0 aliphatic carbocycles. The third kappa shape index (κ3) is 3.47. The lowest BCUT2D eigenvalue weighted by Crippen LogP contribution is -2.49. The molecule has 0 N–H and O–H groups in total. The van der Waals surface area contributed by atoms with Crippen LogP contribution in [0.3, 0.4) is 0 Å². The van der Waals surface area contributed by atoms with E-state index in [1.165, 1.54) is 23.5 Å². The minimum atomic E-state index is -3.60.